The summed E-state index contributed by atoms with van der Waals surface area (Å²) in [5.41, 5.74) is 3.38. The van der Waals surface area contributed by atoms with E-state index >= 15 is 0 Å². The van der Waals surface area contributed by atoms with Crippen molar-refractivity contribution in [3.8, 4) is 0 Å². The van der Waals surface area contributed by atoms with Crippen molar-refractivity contribution in [2.75, 3.05) is 20.1 Å². The third-order valence-corrected chi connectivity index (χ3v) is 4.39. The molecule has 1 saturated heterocycles. The van der Waals surface area contributed by atoms with Crippen LogP contribution in [0.5, 0.6) is 0 Å². The fourth-order valence-corrected chi connectivity index (χ4v) is 3.22. The predicted octanol–water partition coefficient (Wildman–Crippen LogP) is 2.20. The third-order valence-electron chi connectivity index (χ3n) is 4.39. The molecule has 2 aromatic rings. The van der Waals surface area contributed by atoms with E-state index in [-0.39, 0.29) is 5.78 Å². The molecule has 0 amide bonds. The smallest absolute Gasteiger partial charge is 0.218 e. The molecule has 0 radical (unpaired) electrons. The molecule has 2 aliphatic rings. The first-order chi connectivity index (χ1) is 10.2. The van der Waals surface area contributed by atoms with Crippen LogP contribution in [0.4, 0.5) is 0 Å². The van der Waals surface area contributed by atoms with E-state index in [9.17, 15) is 4.79 Å². The number of furan rings is 1. The van der Waals surface area contributed by atoms with Crippen molar-refractivity contribution in [2.45, 2.75) is 19.4 Å². The van der Waals surface area contributed by atoms with Crippen molar-refractivity contribution in [3.05, 3.63) is 47.4 Å². The number of rotatable bonds is 0. The lowest BCUT2D eigenvalue weighted by molar-refractivity contribution is 0.0946. The molecule has 0 unspecified atom stereocenters. The van der Waals surface area contributed by atoms with Gasteiger partial charge in [-0.3, -0.25) is 4.79 Å². The minimum absolute atomic E-state index is 0.0118. The summed E-state index contributed by atoms with van der Waals surface area (Å²) in [5.74, 6) is 1.38. The first kappa shape index (κ1) is 12.6. The van der Waals surface area contributed by atoms with Crippen LogP contribution in [0, 0.1) is 0 Å². The van der Waals surface area contributed by atoms with Gasteiger partial charge in [0.05, 0.1) is 12.8 Å². The lowest BCUT2D eigenvalue weighted by atomic mass is 9.93. The van der Waals surface area contributed by atoms with Gasteiger partial charge in [0.25, 0.3) is 0 Å². The molecule has 2 aromatic heterocycles. The minimum atomic E-state index is 0.0118. The molecule has 0 N–H and O–H groups in total. The Labute approximate surface area is 122 Å². The Hall–Kier alpha value is -2.14. The van der Waals surface area contributed by atoms with Crippen molar-refractivity contribution >= 4 is 11.4 Å². The van der Waals surface area contributed by atoms with E-state index in [2.05, 4.69) is 16.9 Å². The number of hydrogen-bond acceptors (Lipinski definition) is 4. The van der Waals surface area contributed by atoms with Gasteiger partial charge < -0.3 is 13.9 Å². The number of piperidine rings is 1. The summed E-state index contributed by atoms with van der Waals surface area (Å²) in [6.45, 7) is 2.38. The molecular weight excluding hydrogens is 266 g/mol. The normalized spacial score (nSPS) is 19.4. The zero-order chi connectivity index (χ0) is 14.4. The molecule has 4 heterocycles. The Morgan fingerprint density at radius 3 is 2.90 bits per heavy atom. The maximum atomic E-state index is 12.3. The van der Waals surface area contributed by atoms with Gasteiger partial charge in [-0.15, -0.1) is 0 Å². The van der Waals surface area contributed by atoms with Crippen LogP contribution in [0.2, 0.25) is 0 Å². The van der Waals surface area contributed by atoms with Gasteiger partial charge in [0.15, 0.2) is 5.76 Å². The highest BCUT2D eigenvalue weighted by Gasteiger charge is 2.29. The molecule has 108 valence electrons. The Morgan fingerprint density at radius 2 is 2.10 bits per heavy atom. The van der Waals surface area contributed by atoms with Gasteiger partial charge in [-0.1, -0.05) is 5.57 Å². The number of hydrogen-bond donors (Lipinski definition) is 0. The van der Waals surface area contributed by atoms with Crippen molar-refractivity contribution in [3.63, 3.8) is 0 Å². The van der Waals surface area contributed by atoms with Gasteiger partial charge in [0.2, 0.25) is 5.78 Å². The molecule has 2 aliphatic heterocycles. The minimum Gasteiger partial charge on any atom is -0.460 e. The van der Waals surface area contributed by atoms with E-state index in [1.807, 2.05) is 16.8 Å². The first-order valence-corrected chi connectivity index (χ1v) is 7.27. The average molecular weight is 283 g/mol. The highest BCUT2D eigenvalue weighted by molar-refractivity contribution is 6.01. The molecule has 1 fully saturated rings. The quantitative estimate of drug-likeness (QED) is 0.744. The van der Waals surface area contributed by atoms with Gasteiger partial charge in [0, 0.05) is 36.6 Å². The summed E-state index contributed by atoms with van der Waals surface area (Å²) in [6.07, 6.45) is 7.27. The topological polar surface area (TPSA) is 51.3 Å². The summed E-state index contributed by atoms with van der Waals surface area (Å²) in [6, 6.07) is 1.90. The van der Waals surface area contributed by atoms with Gasteiger partial charge in [-0.25, -0.2) is 4.98 Å². The van der Waals surface area contributed by atoms with Gasteiger partial charge in [-0.05, 0) is 26.0 Å². The SMILES string of the molecule is CN1CCC(=C2c3ccoc3C(=O)Cn3ccnc32)CC1. The lowest BCUT2D eigenvalue weighted by Crippen LogP contribution is -2.27. The number of nitrogens with zero attached hydrogens (tertiary/aromatic N) is 3. The van der Waals surface area contributed by atoms with Crippen LogP contribution in [0.3, 0.4) is 0 Å². The van der Waals surface area contributed by atoms with E-state index in [4.69, 9.17) is 4.42 Å². The molecule has 0 saturated carbocycles. The van der Waals surface area contributed by atoms with E-state index in [0.29, 0.717) is 12.3 Å². The van der Waals surface area contributed by atoms with Crippen LogP contribution in [0.15, 0.2) is 34.7 Å². The molecule has 5 nitrogen and oxygen atoms in total. The zero-order valence-corrected chi connectivity index (χ0v) is 12.0. The molecule has 0 spiro atoms. The van der Waals surface area contributed by atoms with E-state index in [0.717, 1.165) is 42.9 Å². The third kappa shape index (κ3) is 1.96. The lowest BCUT2D eigenvalue weighted by Gasteiger charge is -2.26. The van der Waals surface area contributed by atoms with Crippen molar-refractivity contribution in [2.24, 2.45) is 0 Å². The largest absolute Gasteiger partial charge is 0.460 e. The number of fused-ring (bicyclic) bond motifs is 2. The van der Waals surface area contributed by atoms with Crippen LogP contribution >= 0.6 is 0 Å². The maximum absolute atomic E-state index is 12.3. The average Bonchev–Trinajstić information content (AvgIpc) is 3.10. The predicted molar refractivity (Wildman–Crippen MR) is 78.0 cm³/mol. The van der Waals surface area contributed by atoms with Gasteiger partial charge in [0.1, 0.15) is 5.82 Å². The number of aromatic nitrogens is 2. The number of ketones is 1. The Balaban J connectivity index is 1.94. The van der Waals surface area contributed by atoms with Crippen molar-refractivity contribution in [1.82, 2.24) is 14.5 Å². The van der Waals surface area contributed by atoms with Crippen LogP contribution < -0.4 is 0 Å². The highest BCUT2D eigenvalue weighted by Crippen LogP contribution is 2.35. The molecule has 5 heteroatoms. The van der Waals surface area contributed by atoms with Crippen LogP contribution in [-0.2, 0) is 6.54 Å². The second kappa shape index (κ2) is 4.70. The molecule has 4 rings (SSSR count). The summed E-state index contributed by atoms with van der Waals surface area (Å²) >= 11 is 0. The maximum Gasteiger partial charge on any atom is 0.218 e. The first-order valence-electron chi connectivity index (χ1n) is 7.27. The number of imidazole rings is 1. The number of carbonyl (C=O) groups is 1. The summed E-state index contributed by atoms with van der Waals surface area (Å²) < 4.78 is 7.38. The number of carbonyl (C=O) groups excluding carboxylic acids is 1. The monoisotopic (exact) mass is 283 g/mol. The number of likely N-dealkylation sites (tertiary alicyclic amines) is 1. The Kier molecular flexibility index (Phi) is 2.82. The van der Waals surface area contributed by atoms with Crippen LogP contribution in [-0.4, -0.2) is 40.4 Å². The van der Waals surface area contributed by atoms with Crippen molar-refractivity contribution < 1.29 is 9.21 Å². The second-order valence-corrected chi connectivity index (χ2v) is 5.75. The molecule has 21 heavy (non-hydrogen) atoms. The molecule has 0 aliphatic carbocycles. The molecule has 0 aromatic carbocycles. The summed E-state index contributed by atoms with van der Waals surface area (Å²) in [4.78, 5) is 19.2. The Bertz CT molecular complexity index is 728. The van der Waals surface area contributed by atoms with E-state index in [1.165, 1.54) is 5.57 Å². The number of Topliss-reactive ketones (excluding diaryl/α,β-unsaturated/α-hetero) is 1. The van der Waals surface area contributed by atoms with Gasteiger partial charge in [-0.2, -0.15) is 0 Å². The fraction of sp³-hybridized carbons (Fsp3) is 0.375. The van der Waals surface area contributed by atoms with Crippen molar-refractivity contribution in [1.29, 1.82) is 0 Å². The molecule has 0 bridgehead atoms. The summed E-state index contributed by atoms with van der Waals surface area (Å²) in [5, 5.41) is 0. The standard InChI is InChI=1S/C16H17N3O2/c1-18-6-2-11(3-7-18)14-12-4-9-21-15(12)13(20)10-19-8-5-17-16(14)19/h4-5,8-9H,2-3,6-7,10H2,1H3. The highest BCUT2D eigenvalue weighted by atomic mass is 16.3. The van der Waals surface area contributed by atoms with Crippen LogP contribution in [0.25, 0.3) is 5.57 Å². The van der Waals surface area contributed by atoms with Gasteiger partial charge >= 0.3 is 0 Å². The van der Waals surface area contributed by atoms with E-state index in [1.54, 1.807) is 12.5 Å². The Morgan fingerprint density at radius 1 is 1.29 bits per heavy atom. The second-order valence-electron chi connectivity index (χ2n) is 5.75. The fourth-order valence-electron chi connectivity index (χ4n) is 3.22. The zero-order valence-electron chi connectivity index (χ0n) is 12.0. The molecule has 0 atom stereocenters. The van der Waals surface area contributed by atoms with E-state index < -0.39 is 0 Å². The van der Waals surface area contributed by atoms with Crippen LogP contribution in [0.1, 0.15) is 34.8 Å². The summed E-state index contributed by atoms with van der Waals surface area (Å²) in [7, 11) is 2.14. The molecular formula is C16H17N3O2.